The molecule has 0 spiro atoms. The summed E-state index contributed by atoms with van der Waals surface area (Å²) in [6.07, 6.45) is 5.11. The van der Waals surface area contributed by atoms with Crippen molar-refractivity contribution in [3.05, 3.63) is 30.2 Å². The van der Waals surface area contributed by atoms with Gasteiger partial charge in [-0.1, -0.05) is 15.9 Å². The van der Waals surface area contributed by atoms with E-state index in [2.05, 4.69) is 25.9 Å². The third-order valence-corrected chi connectivity index (χ3v) is 2.41. The monoisotopic (exact) mass is 238 g/mol. The minimum atomic E-state index is 0.0810. The number of H-pyrrole nitrogens is 1. The lowest BCUT2D eigenvalue weighted by atomic mass is 10.1. The maximum Gasteiger partial charge on any atom is 0.175 e. The van der Waals surface area contributed by atoms with Crippen LogP contribution in [0.3, 0.4) is 0 Å². The van der Waals surface area contributed by atoms with Gasteiger partial charge >= 0.3 is 0 Å². The van der Waals surface area contributed by atoms with Gasteiger partial charge in [0.15, 0.2) is 5.78 Å². The number of nitrogens with one attached hydrogen (secondary N) is 1. The van der Waals surface area contributed by atoms with Crippen molar-refractivity contribution >= 4 is 32.6 Å². The smallest absolute Gasteiger partial charge is 0.175 e. The molecule has 3 nitrogen and oxygen atoms in total. The molecule has 0 unspecified atom stereocenters. The summed E-state index contributed by atoms with van der Waals surface area (Å²) in [5.41, 5.74) is 1.61. The Morgan fingerprint density at radius 3 is 3.23 bits per heavy atom. The van der Waals surface area contributed by atoms with Gasteiger partial charge in [0.2, 0.25) is 0 Å². The van der Waals surface area contributed by atoms with Crippen LogP contribution in [0.25, 0.3) is 10.9 Å². The third-order valence-electron chi connectivity index (χ3n) is 1.91. The number of hydrogen-bond acceptors (Lipinski definition) is 2. The maximum absolute atomic E-state index is 11.4. The van der Waals surface area contributed by atoms with Crippen molar-refractivity contribution in [1.29, 1.82) is 0 Å². The molecule has 0 aromatic carbocycles. The van der Waals surface area contributed by atoms with Crippen molar-refractivity contribution in [3.63, 3.8) is 0 Å². The fourth-order valence-electron chi connectivity index (χ4n) is 1.27. The average molecular weight is 239 g/mol. The Kier molecular flexibility index (Phi) is 2.14. The van der Waals surface area contributed by atoms with Gasteiger partial charge in [-0.2, -0.15) is 0 Å². The Balaban J connectivity index is 2.64. The SMILES string of the molecule is O=C(CBr)c1c[nH]c2cnccc12. The molecule has 4 heteroatoms. The highest BCUT2D eigenvalue weighted by atomic mass is 79.9. The minimum absolute atomic E-state index is 0.0810. The molecule has 0 fully saturated rings. The van der Waals surface area contributed by atoms with Gasteiger partial charge in [-0.25, -0.2) is 0 Å². The molecular weight excluding hydrogens is 232 g/mol. The van der Waals surface area contributed by atoms with E-state index in [4.69, 9.17) is 0 Å². The summed E-state index contributed by atoms with van der Waals surface area (Å²) < 4.78 is 0. The highest BCUT2D eigenvalue weighted by Gasteiger charge is 2.09. The quantitative estimate of drug-likeness (QED) is 0.644. The number of ketones is 1. The van der Waals surface area contributed by atoms with Crippen molar-refractivity contribution in [2.24, 2.45) is 0 Å². The molecule has 0 radical (unpaired) electrons. The Hall–Kier alpha value is -1.16. The van der Waals surface area contributed by atoms with E-state index in [0.717, 1.165) is 10.9 Å². The molecule has 0 saturated carbocycles. The summed E-state index contributed by atoms with van der Waals surface area (Å²) in [5.74, 6) is 0.0810. The Labute approximate surface area is 83.3 Å². The van der Waals surface area contributed by atoms with Crippen molar-refractivity contribution in [2.45, 2.75) is 0 Å². The van der Waals surface area contributed by atoms with Crippen LogP contribution in [0.5, 0.6) is 0 Å². The molecule has 0 bridgehead atoms. The molecular formula is C9H7BrN2O. The number of nitrogens with zero attached hydrogens (tertiary/aromatic N) is 1. The van der Waals surface area contributed by atoms with E-state index < -0.39 is 0 Å². The molecule has 2 aromatic heterocycles. The van der Waals surface area contributed by atoms with Crippen molar-refractivity contribution in [1.82, 2.24) is 9.97 Å². The van der Waals surface area contributed by atoms with E-state index >= 15 is 0 Å². The molecule has 0 aliphatic heterocycles. The van der Waals surface area contributed by atoms with Crippen molar-refractivity contribution < 1.29 is 4.79 Å². The van der Waals surface area contributed by atoms with Gasteiger partial charge in [0.1, 0.15) is 0 Å². The molecule has 0 saturated heterocycles. The zero-order valence-electron chi connectivity index (χ0n) is 6.75. The summed E-state index contributed by atoms with van der Waals surface area (Å²) in [6.45, 7) is 0. The molecule has 13 heavy (non-hydrogen) atoms. The van der Waals surface area contributed by atoms with Crippen LogP contribution >= 0.6 is 15.9 Å². The van der Waals surface area contributed by atoms with Crippen LogP contribution in [0.1, 0.15) is 10.4 Å². The standard InChI is InChI=1S/C9H7BrN2O/c10-3-9(13)7-4-12-8-5-11-2-1-6(7)8/h1-2,4-5,12H,3H2. The second-order valence-corrected chi connectivity index (χ2v) is 3.24. The average Bonchev–Trinajstić information content (AvgIpc) is 2.60. The van der Waals surface area contributed by atoms with Gasteiger partial charge in [0.25, 0.3) is 0 Å². The van der Waals surface area contributed by atoms with Crippen LogP contribution in [0.4, 0.5) is 0 Å². The van der Waals surface area contributed by atoms with E-state index in [0.29, 0.717) is 10.9 Å². The molecule has 0 atom stereocenters. The molecule has 2 heterocycles. The topological polar surface area (TPSA) is 45.8 Å². The van der Waals surface area contributed by atoms with E-state index in [1.165, 1.54) is 0 Å². The largest absolute Gasteiger partial charge is 0.359 e. The van der Waals surface area contributed by atoms with Crippen LogP contribution < -0.4 is 0 Å². The molecule has 66 valence electrons. The van der Waals surface area contributed by atoms with E-state index in [1.54, 1.807) is 18.6 Å². The van der Waals surface area contributed by atoms with E-state index in [9.17, 15) is 4.79 Å². The summed E-state index contributed by atoms with van der Waals surface area (Å²) in [6, 6.07) is 1.84. The number of halogens is 1. The molecule has 2 rings (SSSR count). The summed E-state index contributed by atoms with van der Waals surface area (Å²) in [4.78, 5) is 18.4. The summed E-state index contributed by atoms with van der Waals surface area (Å²) >= 11 is 3.14. The number of hydrogen-bond donors (Lipinski definition) is 1. The van der Waals surface area contributed by atoms with Crippen molar-refractivity contribution in [2.75, 3.05) is 5.33 Å². The first-order valence-corrected chi connectivity index (χ1v) is 4.95. The number of rotatable bonds is 2. The third kappa shape index (κ3) is 1.37. The van der Waals surface area contributed by atoms with Crippen LogP contribution in [0, 0.1) is 0 Å². The number of aromatic nitrogens is 2. The van der Waals surface area contributed by atoms with Crippen LogP contribution in [0.2, 0.25) is 0 Å². The lowest BCUT2D eigenvalue weighted by molar-refractivity contribution is 0.102. The summed E-state index contributed by atoms with van der Waals surface area (Å²) in [5, 5.41) is 1.28. The Bertz CT molecular complexity index is 450. The van der Waals surface area contributed by atoms with Crippen LogP contribution in [-0.4, -0.2) is 21.1 Å². The molecule has 0 aliphatic carbocycles. The lowest BCUT2D eigenvalue weighted by Crippen LogP contribution is -1.97. The molecule has 2 aromatic rings. The first-order valence-electron chi connectivity index (χ1n) is 3.83. The van der Waals surface area contributed by atoms with Gasteiger partial charge in [0, 0.05) is 23.3 Å². The van der Waals surface area contributed by atoms with Gasteiger partial charge in [-0.15, -0.1) is 0 Å². The van der Waals surface area contributed by atoms with Crippen LogP contribution in [-0.2, 0) is 0 Å². The Morgan fingerprint density at radius 1 is 1.62 bits per heavy atom. The zero-order chi connectivity index (χ0) is 9.26. The second-order valence-electron chi connectivity index (χ2n) is 2.68. The molecule has 0 amide bonds. The fourth-order valence-corrected chi connectivity index (χ4v) is 1.58. The van der Waals surface area contributed by atoms with Crippen molar-refractivity contribution in [3.8, 4) is 0 Å². The maximum atomic E-state index is 11.4. The second kappa shape index (κ2) is 3.30. The van der Waals surface area contributed by atoms with E-state index in [1.807, 2.05) is 6.07 Å². The number of aromatic amines is 1. The number of Topliss-reactive ketones (excluding diaryl/α,β-unsaturated/α-hetero) is 1. The highest BCUT2D eigenvalue weighted by Crippen LogP contribution is 2.17. The number of alkyl halides is 1. The normalized spacial score (nSPS) is 10.5. The lowest BCUT2D eigenvalue weighted by Gasteiger charge is -1.92. The van der Waals surface area contributed by atoms with Crippen LogP contribution in [0.15, 0.2) is 24.7 Å². The molecule has 1 N–H and O–H groups in total. The van der Waals surface area contributed by atoms with Gasteiger partial charge in [0.05, 0.1) is 17.0 Å². The number of carbonyl (C=O) groups excluding carboxylic acids is 1. The Morgan fingerprint density at radius 2 is 2.46 bits per heavy atom. The van der Waals surface area contributed by atoms with E-state index in [-0.39, 0.29) is 5.78 Å². The predicted octanol–water partition coefficient (Wildman–Crippen LogP) is 2.14. The predicted molar refractivity (Wildman–Crippen MR) is 54.2 cm³/mol. The van der Waals surface area contributed by atoms with Gasteiger partial charge in [-0.3, -0.25) is 9.78 Å². The first-order chi connectivity index (χ1) is 6.33. The van der Waals surface area contributed by atoms with Gasteiger partial charge < -0.3 is 4.98 Å². The highest BCUT2D eigenvalue weighted by molar-refractivity contribution is 9.09. The molecule has 0 aliphatic rings. The number of pyridine rings is 1. The zero-order valence-corrected chi connectivity index (χ0v) is 8.34. The fraction of sp³-hybridized carbons (Fsp3) is 0.111. The number of fused-ring (bicyclic) bond motifs is 1. The first kappa shape index (κ1) is 8.44. The number of carbonyl (C=O) groups is 1. The van der Waals surface area contributed by atoms with Gasteiger partial charge in [-0.05, 0) is 6.07 Å². The minimum Gasteiger partial charge on any atom is -0.359 e. The summed E-state index contributed by atoms with van der Waals surface area (Å²) in [7, 11) is 0.